The van der Waals surface area contributed by atoms with Crippen LogP contribution in [0.2, 0.25) is 0 Å². The molecule has 1 aromatic carbocycles. The standard InChI is InChI=1S/C10H13N3O3/c1-14-8-4-3-5-9(15-2)10(8)16-7-6-12-13-11/h3-5H,6-7H2,1-2H3. The second-order valence-corrected chi connectivity index (χ2v) is 2.79. The molecule has 16 heavy (non-hydrogen) atoms. The molecule has 0 bridgehead atoms. The molecule has 1 rings (SSSR count). The van der Waals surface area contributed by atoms with Gasteiger partial charge in [-0.05, 0) is 17.7 Å². The summed E-state index contributed by atoms with van der Waals surface area (Å²) in [7, 11) is 3.10. The first-order valence-electron chi connectivity index (χ1n) is 4.68. The van der Waals surface area contributed by atoms with Crippen LogP contribution in [0.1, 0.15) is 0 Å². The molecule has 0 radical (unpaired) electrons. The van der Waals surface area contributed by atoms with Gasteiger partial charge in [0.25, 0.3) is 0 Å². The Labute approximate surface area is 93.4 Å². The van der Waals surface area contributed by atoms with E-state index in [0.29, 0.717) is 17.2 Å². The van der Waals surface area contributed by atoms with Gasteiger partial charge in [0.1, 0.15) is 0 Å². The molecule has 1 aromatic rings. The number of benzene rings is 1. The number of rotatable bonds is 6. The van der Waals surface area contributed by atoms with Gasteiger partial charge in [-0.25, -0.2) is 0 Å². The lowest BCUT2D eigenvalue weighted by Crippen LogP contribution is -2.03. The Morgan fingerprint density at radius 1 is 1.25 bits per heavy atom. The third-order valence-electron chi connectivity index (χ3n) is 1.88. The molecular formula is C10H13N3O3. The number of hydrogen-bond acceptors (Lipinski definition) is 4. The summed E-state index contributed by atoms with van der Waals surface area (Å²) in [4.78, 5) is 2.63. The maximum absolute atomic E-state index is 8.12. The predicted octanol–water partition coefficient (Wildman–Crippen LogP) is 2.39. The topological polar surface area (TPSA) is 76.5 Å². The van der Waals surface area contributed by atoms with Crippen LogP contribution >= 0.6 is 0 Å². The Morgan fingerprint density at radius 3 is 2.38 bits per heavy atom. The zero-order valence-electron chi connectivity index (χ0n) is 9.21. The van der Waals surface area contributed by atoms with Crippen LogP contribution in [0.15, 0.2) is 23.3 Å². The molecule has 0 aliphatic rings. The van der Waals surface area contributed by atoms with Gasteiger partial charge < -0.3 is 14.2 Å². The highest BCUT2D eigenvalue weighted by atomic mass is 16.5. The largest absolute Gasteiger partial charge is 0.493 e. The normalized spacial score (nSPS) is 9.12. The smallest absolute Gasteiger partial charge is 0.203 e. The Morgan fingerprint density at radius 2 is 1.88 bits per heavy atom. The van der Waals surface area contributed by atoms with Crippen LogP contribution in [-0.4, -0.2) is 27.4 Å². The van der Waals surface area contributed by atoms with Crippen molar-refractivity contribution in [2.24, 2.45) is 5.11 Å². The van der Waals surface area contributed by atoms with Crippen LogP contribution in [0.25, 0.3) is 10.4 Å². The van der Waals surface area contributed by atoms with Gasteiger partial charge in [-0.15, -0.1) is 0 Å². The van der Waals surface area contributed by atoms with Crippen molar-refractivity contribution in [2.75, 3.05) is 27.4 Å². The highest BCUT2D eigenvalue weighted by Crippen LogP contribution is 2.36. The van der Waals surface area contributed by atoms with E-state index in [9.17, 15) is 0 Å². The van der Waals surface area contributed by atoms with Gasteiger partial charge in [-0.3, -0.25) is 0 Å². The van der Waals surface area contributed by atoms with Gasteiger partial charge in [0, 0.05) is 4.91 Å². The van der Waals surface area contributed by atoms with E-state index < -0.39 is 0 Å². The van der Waals surface area contributed by atoms with Crippen LogP contribution in [0, 0.1) is 0 Å². The fourth-order valence-corrected chi connectivity index (χ4v) is 1.19. The highest BCUT2D eigenvalue weighted by molar-refractivity contribution is 5.51. The zero-order chi connectivity index (χ0) is 11.8. The summed E-state index contributed by atoms with van der Waals surface area (Å²) in [5, 5.41) is 3.37. The molecule has 0 aliphatic carbocycles. The quantitative estimate of drug-likeness (QED) is 0.321. The van der Waals surface area contributed by atoms with Gasteiger partial charge in [-0.2, -0.15) is 0 Å². The van der Waals surface area contributed by atoms with E-state index in [-0.39, 0.29) is 13.2 Å². The third-order valence-corrected chi connectivity index (χ3v) is 1.88. The number of methoxy groups -OCH3 is 2. The summed E-state index contributed by atoms with van der Waals surface area (Å²) in [6.07, 6.45) is 0. The first-order valence-corrected chi connectivity index (χ1v) is 4.68. The van der Waals surface area contributed by atoms with E-state index in [4.69, 9.17) is 19.7 Å². The van der Waals surface area contributed by atoms with Gasteiger partial charge in [-0.1, -0.05) is 11.2 Å². The molecule has 0 aliphatic heterocycles. The van der Waals surface area contributed by atoms with Crippen molar-refractivity contribution in [1.82, 2.24) is 0 Å². The number of azide groups is 1. The van der Waals surface area contributed by atoms with E-state index in [1.807, 2.05) is 0 Å². The minimum Gasteiger partial charge on any atom is -0.493 e. The van der Waals surface area contributed by atoms with Crippen LogP contribution in [0.5, 0.6) is 17.2 Å². The molecule has 0 saturated heterocycles. The predicted molar refractivity (Wildman–Crippen MR) is 59.1 cm³/mol. The van der Waals surface area contributed by atoms with Crippen LogP contribution in [0.4, 0.5) is 0 Å². The van der Waals surface area contributed by atoms with E-state index in [1.165, 1.54) is 0 Å². The molecule has 0 amide bonds. The van der Waals surface area contributed by atoms with Crippen molar-refractivity contribution in [2.45, 2.75) is 0 Å². The van der Waals surface area contributed by atoms with Crippen molar-refractivity contribution in [3.63, 3.8) is 0 Å². The maximum Gasteiger partial charge on any atom is 0.203 e. The second kappa shape index (κ2) is 6.42. The third kappa shape index (κ3) is 2.96. The summed E-state index contributed by atoms with van der Waals surface area (Å²) < 4.78 is 15.7. The second-order valence-electron chi connectivity index (χ2n) is 2.79. The minimum absolute atomic E-state index is 0.262. The molecule has 0 fully saturated rings. The van der Waals surface area contributed by atoms with E-state index >= 15 is 0 Å². The fraction of sp³-hybridized carbons (Fsp3) is 0.400. The zero-order valence-corrected chi connectivity index (χ0v) is 9.21. The monoisotopic (exact) mass is 223 g/mol. The van der Waals surface area contributed by atoms with Crippen LogP contribution in [-0.2, 0) is 0 Å². The van der Waals surface area contributed by atoms with Crippen LogP contribution < -0.4 is 14.2 Å². The molecule has 6 nitrogen and oxygen atoms in total. The Kier molecular flexibility index (Phi) is 4.82. The van der Waals surface area contributed by atoms with Crippen LogP contribution in [0.3, 0.4) is 0 Å². The molecule has 6 heteroatoms. The lowest BCUT2D eigenvalue weighted by molar-refractivity contribution is 0.281. The fourth-order valence-electron chi connectivity index (χ4n) is 1.19. The lowest BCUT2D eigenvalue weighted by atomic mass is 10.3. The average molecular weight is 223 g/mol. The van der Waals surface area contributed by atoms with Crippen molar-refractivity contribution in [3.05, 3.63) is 28.6 Å². The molecule has 0 heterocycles. The summed E-state index contributed by atoms with van der Waals surface area (Å²) in [5.41, 5.74) is 8.12. The Balaban J connectivity index is 2.78. The molecular weight excluding hydrogens is 210 g/mol. The summed E-state index contributed by atoms with van der Waals surface area (Å²) in [5.74, 6) is 1.68. The van der Waals surface area contributed by atoms with Crippen molar-refractivity contribution < 1.29 is 14.2 Å². The maximum atomic E-state index is 8.12. The Hall–Kier alpha value is -2.07. The van der Waals surface area contributed by atoms with E-state index in [2.05, 4.69) is 10.0 Å². The SMILES string of the molecule is COc1cccc(OC)c1OCCN=[N+]=[N-]. The summed E-state index contributed by atoms with van der Waals surface area (Å²) in [6, 6.07) is 5.34. The average Bonchev–Trinajstić information content (AvgIpc) is 2.34. The van der Waals surface area contributed by atoms with E-state index in [0.717, 1.165) is 0 Å². The number of para-hydroxylation sites is 1. The molecule has 0 saturated carbocycles. The van der Waals surface area contributed by atoms with Crippen molar-refractivity contribution >= 4 is 0 Å². The lowest BCUT2D eigenvalue weighted by Gasteiger charge is -2.13. The van der Waals surface area contributed by atoms with Gasteiger partial charge in [0.2, 0.25) is 5.75 Å². The number of hydrogen-bond donors (Lipinski definition) is 0. The summed E-state index contributed by atoms with van der Waals surface area (Å²) in [6.45, 7) is 0.540. The minimum atomic E-state index is 0.262. The molecule has 0 N–H and O–H groups in total. The van der Waals surface area contributed by atoms with E-state index in [1.54, 1.807) is 32.4 Å². The molecule has 0 aromatic heterocycles. The van der Waals surface area contributed by atoms with Gasteiger partial charge in [0.15, 0.2) is 11.5 Å². The Bertz CT molecular complexity index is 367. The van der Waals surface area contributed by atoms with Crippen molar-refractivity contribution in [1.29, 1.82) is 0 Å². The molecule has 86 valence electrons. The van der Waals surface area contributed by atoms with Gasteiger partial charge in [0.05, 0.1) is 27.4 Å². The molecule has 0 unspecified atom stereocenters. The number of nitrogens with zero attached hydrogens (tertiary/aromatic N) is 3. The molecule has 0 spiro atoms. The number of ether oxygens (including phenoxy) is 3. The molecule has 0 atom stereocenters. The van der Waals surface area contributed by atoms with Crippen molar-refractivity contribution in [3.8, 4) is 17.2 Å². The first kappa shape index (κ1) is 12.0. The first-order chi connectivity index (χ1) is 7.83. The highest BCUT2D eigenvalue weighted by Gasteiger charge is 2.10. The summed E-state index contributed by atoms with van der Waals surface area (Å²) >= 11 is 0. The van der Waals surface area contributed by atoms with Gasteiger partial charge >= 0.3 is 0 Å².